The van der Waals surface area contributed by atoms with E-state index in [4.69, 9.17) is 66.7 Å². The molecule has 0 aromatic rings. The zero-order valence-corrected chi connectivity index (χ0v) is 30.6. The van der Waals surface area contributed by atoms with E-state index in [1.807, 2.05) is 0 Å². The van der Waals surface area contributed by atoms with Crippen molar-refractivity contribution in [1.29, 1.82) is 0 Å². The highest BCUT2D eigenvalue weighted by Gasteiger charge is 2.14. The van der Waals surface area contributed by atoms with E-state index in [-0.39, 0.29) is 32.0 Å². The Morgan fingerprint density at radius 3 is 0.827 bits per heavy atom. The minimum Gasteiger partial charge on any atom is -0.476 e. The first-order valence-electron chi connectivity index (χ1n) is 17.4. The number of hydrogen-bond acceptors (Lipinski definition) is 18. The highest BCUT2D eigenvalue weighted by molar-refractivity contribution is 6.32. The maximum Gasteiger partial charge on any atom is 0.372 e. The van der Waals surface area contributed by atoms with E-state index in [1.54, 1.807) is 0 Å². The molecular formula is C33H60O19. The second-order valence-electron chi connectivity index (χ2n) is 10.1. The van der Waals surface area contributed by atoms with Crippen molar-refractivity contribution in [3.8, 4) is 0 Å². The summed E-state index contributed by atoms with van der Waals surface area (Å²) in [6.45, 7) is 10.2. The normalized spacial score (nSPS) is 11.2. The van der Waals surface area contributed by atoms with Crippen LogP contribution in [0.3, 0.4) is 0 Å². The van der Waals surface area contributed by atoms with Gasteiger partial charge in [0.05, 0.1) is 179 Å². The van der Waals surface area contributed by atoms with Crippen molar-refractivity contribution >= 4 is 23.7 Å². The first-order valence-corrected chi connectivity index (χ1v) is 17.4. The molecule has 0 radical (unpaired) electrons. The van der Waals surface area contributed by atoms with Gasteiger partial charge in [-0.25, -0.2) is 4.79 Å². The van der Waals surface area contributed by atoms with Gasteiger partial charge in [-0.2, -0.15) is 0 Å². The Morgan fingerprint density at radius 1 is 0.327 bits per heavy atom. The van der Waals surface area contributed by atoms with Crippen LogP contribution in [0, 0.1) is 0 Å². The van der Waals surface area contributed by atoms with Gasteiger partial charge in [0, 0.05) is 6.42 Å². The molecule has 0 unspecified atom stereocenters. The Morgan fingerprint density at radius 2 is 0.577 bits per heavy atom. The number of aliphatic carboxylic acids is 1. The number of carboxylic acid groups (broad SMARTS) is 1. The van der Waals surface area contributed by atoms with Gasteiger partial charge in [0.1, 0.15) is 6.61 Å². The number of carbonyl (C=O) groups is 4. The van der Waals surface area contributed by atoms with Crippen LogP contribution in [-0.4, -0.2) is 201 Å². The molecule has 0 amide bonds. The molecule has 0 rings (SSSR count). The zero-order chi connectivity index (χ0) is 38.0. The summed E-state index contributed by atoms with van der Waals surface area (Å²) >= 11 is 0. The quantitative estimate of drug-likeness (QED) is 0.0480. The van der Waals surface area contributed by atoms with Crippen molar-refractivity contribution in [2.45, 2.75) is 19.3 Å². The molecule has 0 aliphatic heterocycles. The lowest BCUT2D eigenvalue weighted by Crippen LogP contribution is -2.17. The van der Waals surface area contributed by atoms with E-state index < -0.39 is 24.1 Å². The van der Waals surface area contributed by atoms with E-state index in [0.29, 0.717) is 152 Å². The van der Waals surface area contributed by atoms with Gasteiger partial charge in [0.2, 0.25) is 5.78 Å². The van der Waals surface area contributed by atoms with Gasteiger partial charge in [-0.15, -0.1) is 0 Å². The number of Topliss-reactive ketones (excluding diaryl/α,β-unsaturated/α-hetero) is 1. The highest BCUT2D eigenvalue weighted by Crippen LogP contribution is 1.95. The molecular weight excluding hydrogens is 700 g/mol. The van der Waals surface area contributed by atoms with Gasteiger partial charge in [0.15, 0.2) is 0 Å². The summed E-state index contributed by atoms with van der Waals surface area (Å²) < 4.78 is 74.1. The predicted octanol–water partition coefficient (Wildman–Crippen LogP) is -0.274. The second-order valence-corrected chi connectivity index (χ2v) is 10.1. The molecule has 0 bridgehead atoms. The lowest BCUT2D eigenvalue weighted by molar-refractivity contribution is -0.151. The molecule has 19 nitrogen and oxygen atoms in total. The summed E-state index contributed by atoms with van der Waals surface area (Å²) in [4.78, 5) is 43.6. The third-order valence-corrected chi connectivity index (χ3v) is 6.06. The van der Waals surface area contributed by atoms with Crippen LogP contribution in [0.2, 0.25) is 0 Å². The van der Waals surface area contributed by atoms with Crippen LogP contribution in [0.15, 0.2) is 0 Å². The van der Waals surface area contributed by atoms with Crippen LogP contribution in [0.4, 0.5) is 0 Å². The fourth-order valence-corrected chi connectivity index (χ4v) is 3.39. The topological polar surface area (TPSA) is 218 Å². The average Bonchev–Trinajstić information content (AvgIpc) is 3.14. The van der Waals surface area contributed by atoms with Crippen LogP contribution >= 0.6 is 0 Å². The fourth-order valence-electron chi connectivity index (χ4n) is 3.39. The van der Waals surface area contributed by atoms with E-state index in [2.05, 4.69) is 4.74 Å². The van der Waals surface area contributed by atoms with Crippen molar-refractivity contribution in [2.75, 3.05) is 172 Å². The lowest BCUT2D eigenvalue weighted by Gasteiger charge is -2.09. The number of esters is 2. The summed E-state index contributed by atoms with van der Waals surface area (Å²) in [5.74, 6) is -3.55. The molecule has 0 aromatic carbocycles. The second kappa shape index (κ2) is 41.4. The number of carbonyl (C=O) groups excluding carboxylic acids is 3. The van der Waals surface area contributed by atoms with Crippen LogP contribution in [0.25, 0.3) is 0 Å². The Hall–Kier alpha value is -2.40. The molecule has 52 heavy (non-hydrogen) atoms. The largest absolute Gasteiger partial charge is 0.476 e. The molecule has 306 valence electrons. The number of methoxy groups -OCH3 is 1. The smallest absolute Gasteiger partial charge is 0.372 e. The average molecular weight is 761 g/mol. The highest BCUT2D eigenvalue weighted by atomic mass is 16.6. The van der Waals surface area contributed by atoms with Crippen LogP contribution in [-0.2, 0) is 85.5 Å². The van der Waals surface area contributed by atoms with Crippen LogP contribution in [0.1, 0.15) is 19.3 Å². The third kappa shape index (κ3) is 40.4. The van der Waals surface area contributed by atoms with Crippen molar-refractivity contribution < 1.29 is 90.6 Å². The molecule has 19 heteroatoms. The molecule has 0 saturated carbocycles. The third-order valence-electron chi connectivity index (χ3n) is 6.06. The van der Waals surface area contributed by atoms with Crippen LogP contribution in [0.5, 0.6) is 0 Å². The van der Waals surface area contributed by atoms with Crippen molar-refractivity contribution in [2.24, 2.45) is 0 Å². The summed E-state index contributed by atoms with van der Waals surface area (Å²) in [5.41, 5.74) is 0. The maximum absolute atomic E-state index is 11.4. The minimum absolute atomic E-state index is 0.00834. The summed E-state index contributed by atoms with van der Waals surface area (Å²) in [6.07, 6.45) is -0.436. The zero-order valence-electron chi connectivity index (χ0n) is 30.6. The van der Waals surface area contributed by atoms with E-state index in [1.165, 1.54) is 7.11 Å². The molecule has 0 aliphatic rings. The summed E-state index contributed by atoms with van der Waals surface area (Å²) in [7, 11) is 1.34. The minimum atomic E-state index is -1.57. The van der Waals surface area contributed by atoms with Gasteiger partial charge in [-0.05, 0) is 0 Å². The number of rotatable bonds is 43. The van der Waals surface area contributed by atoms with Crippen LogP contribution < -0.4 is 0 Å². The maximum atomic E-state index is 11.4. The molecule has 0 aromatic heterocycles. The van der Waals surface area contributed by atoms with Gasteiger partial charge < -0.3 is 71.4 Å². The first kappa shape index (κ1) is 49.6. The molecule has 0 spiro atoms. The molecule has 1 N–H and O–H groups in total. The molecule has 0 saturated heterocycles. The predicted molar refractivity (Wildman–Crippen MR) is 179 cm³/mol. The Balaban J connectivity index is 3.12. The van der Waals surface area contributed by atoms with E-state index in [0.717, 1.165) is 0 Å². The molecule has 0 fully saturated rings. The molecule has 0 atom stereocenters. The van der Waals surface area contributed by atoms with Crippen molar-refractivity contribution in [3.63, 3.8) is 0 Å². The first-order chi connectivity index (χ1) is 25.5. The SMILES string of the molecule is COC(=O)CCOCCOCCOCCOCCOCCOCCOCCOCCOCCOCCOCCOCCOC(=O)CCC(=O)C(=O)O. The molecule has 0 heterocycles. The Labute approximate surface area is 305 Å². The van der Waals surface area contributed by atoms with Crippen molar-refractivity contribution in [1.82, 2.24) is 0 Å². The number of hydrogen-bond donors (Lipinski definition) is 1. The Kier molecular flexibility index (Phi) is 39.4. The summed E-state index contributed by atoms with van der Waals surface area (Å²) in [6, 6.07) is 0. The van der Waals surface area contributed by atoms with E-state index in [9.17, 15) is 19.2 Å². The standard InChI is InChI=1S/C33H60O19/c1-39-31(35)4-5-40-6-7-41-8-9-42-10-11-43-12-13-44-14-15-45-16-17-46-18-19-47-20-21-48-22-23-49-24-25-50-26-27-51-28-29-52-32(36)3-2-30(34)33(37)38/h2-29H2,1H3,(H,37,38). The Bertz CT molecular complexity index is 831. The fraction of sp³-hybridized carbons (Fsp3) is 0.879. The number of ketones is 1. The van der Waals surface area contributed by atoms with Crippen molar-refractivity contribution in [3.05, 3.63) is 0 Å². The van der Waals surface area contributed by atoms with Gasteiger partial charge in [0.25, 0.3) is 0 Å². The number of ether oxygens (including phenoxy) is 14. The van der Waals surface area contributed by atoms with Gasteiger partial charge in [-0.1, -0.05) is 0 Å². The van der Waals surface area contributed by atoms with Gasteiger partial charge in [-0.3, -0.25) is 14.4 Å². The van der Waals surface area contributed by atoms with Gasteiger partial charge >= 0.3 is 17.9 Å². The number of carboxylic acids is 1. The molecule has 0 aliphatic carbocycles. The lowest BCUT2D eigenvalue weighted by atomic mass is 10.2. The summed E-state index contributed by atoms with van der Waals surface area (Å²) in [5, 5.41) is 8.45. The van der Waals surface area contributed by atoms with E-state index >= 15 is 0 Å². The monoisotopic (exact) mass is 760 g/mol.